The number of aromatic nitrogens is 3. The second-order valence-corrected chi connectivity index (χ2v) is 8.30. The highest BCUT2D eigenvalue weighted by Gasteiger charge is 2.11. The molecule has 5 nitrogen and oxygen atoms in total. The maximum absolute atomic E-state index is 13.0. The molecule has 2 aromatic carbocycles. The second-order valence-electron chi connectivity index (χ2n) is 6.66. The summed E-state index contributed by atoms with van der Waals surface area (Å²) in [4.78, 5) is 17.3. The van der Waals surface area contributed by atoms with Crippen LogP contribution in [0.15, 0.2) is 72.3 Å². The van der Waals surface area contributed by atoms with Crippen LogP contribution in [0, 0.1) is 9.77 Å². The number of fused-ring (bicyclic) bond motifs is 1. The lowest BCUT2D eigenvalue weighted by atomic mass is 10.2. The van der Waals surface area contributed by atoms with Crippen LogP contribution in [-0.4, -0.2) is 14.1 Å². The molecule has 2 heterocycles. The van der Waals surface area contributed by atoms with Crippen molar-refractivity contribution in [2.24, 2.45) is 0 Å². The van der Waals surface area contributed by atoms with Crippen LogP contribution in [0.5, 0.6) is 5.75 Å². The first-order chi connectivity index (χ1) is 14.5. The lowest BCUT2D eigenvalue weighted by molar-refractivity contribution is 0.306. The second kappa shape index (κ2) is 8.73. The summed E-state index contributed by atoms with van der Waals surface area (Å²) in [5.74, 6) is 0.427. The van der Waals surface area contributed by atoms with E-state index in [2.05, 4.69) is 11.6 Å². The van der Waals surface area contributed by atoms with E-state index in [9.17, 15) is 9.18 Å². The maximum Gasteiger partial charge on any atom is 0.273 e. The quantitative estimate of drug-likeness (QED) is 0.302. The standard InChI is InChI=1S/C22H18FN3O2S2/c1-2-11-26-20-19(30-22(26)29)21(27)25(14-24-20)12-15-5-9-18(10-6-15)28-13-16-3-7-17(23)8-4-16/h2-10,14H,1,11-13H2. The van der Waals surface area contributed by atoms with Crippen molar-refractivity contribution in [2.45, 2.75) is 19.7 Å². The van der Waals surface area contributed by atoms with Crippen LogP contribution >= 0.6 is 23.6 Å². The molecule has 0 fully saturated rings. The number of thiazole rings is 1. The highest BCUT2D eigenvalue weighted by atomic mass is 32.1. The van der Waals surface area contributed by atoms with E-state index in [4.69, 9.17) is 17.0 Å². The van der Waals surface area contributed by atoms with Crippen molar-refractivity contribution in [3.8, 4) is 5.75 Å². The average Bonchev–Trinajstić information content (AvgIpc) is 3.07. The Morgan fingerprint density at radius 2 is 1.83 bits per heavy atom. The number of hydrogen-bond donors (Lipinski definition) is 0. The summed E-state index contributed by atoms with van der Waals surface area (Å²) in [5.41, 5.74) is 2.31. The minimum absolute atomic E-state index is 0.115. The van der Waals surface area contributed by atoms with Crippen molar-refractivity contribution in [1.82, 2.24) is 14.1 Å². The van der Waals surface area contributed by atoms with Crippen LogP contribution in [0.2, 0.25) is 0 Å². The van der Waals surface area contributed by atoms with Gasteiger partial charge in [-0.25, -0.2) is 9.37 Å². The summed E-state index contributed by atoms with van der Waals surface area (Å²) in [6.45, 7) is 4.99. The van der Waals surface area contributed by atoms with Gasteiger partial charge >= 0.3 is 0 Å². The molecule has 4 aromatic rings. The van der Waals surface area contributed by atoms with Crippen LogP contribution in [-0.2, 0) is 19.7 Å². The van der Waals surface area contributed by atoms with Crippen LogP contribution in [0.1, 0.15) is 11.1 Å². The molecule has 0 radical (unpaired) electrons. The van der Waals surface area contributed by atoms with E-state index in [-0.39, 0.29) is 11.4 Å². The summed E-state index contributed by atoms with van der Waals surface area (Å²) in [6, 6.07) is 13.7. The zero-order chi connectivity index (χ0) is 21.1. The number of hydrogen-bond acceptors (Lipinski definition) is 5. The van der Waals surface area contributed by atoms with Gasteiger partial charge in [-0.2, -0.15) is 0 Å². The molecule has 4 rings (SSSR count). The summed E-state index contributed by atoms with van der Waals surface area (Å²) < 4.78 is 23.2. The minimum atomic E-state index is -0.270. The van der Waals surface area contributed by atoms with E-state index in [1.165, 1.54) is 23.5 Å². The summed E-state index contributed by atoms with van der Waals surface area (Å²) in [6.07, 6.45) is 3.28. The molecule has 0 atom stereocenters. The Hall–Kier alpha value is -3.10. The van der Waals surface area contributed by atoms with Gasteiger partial charge in [-0.15, -0.1) is 6.58 Å². The van der Waals surface area contributed by atoms with Crippen LogP contribution in [0.4, 0.5) is 4.39 Å². The first-order valence-electron chi connectivity index (χ1n) is 9.21. The fourth-order valence-electron chi connectivity index (χ4n) is 3.01. The molecule has 8 heteroatoms. The van der Waals surface area contributed by atoms with Crippen molar-refractivity contribution in [3.63, 3.8) is 0 Å². The zero-order valence-corrected chi connectivity index (χ0v) is 17.6. The molecule has 30 heavy (non-hydrogen) atoms. The highest BCUT2D eigenvalue weighted by molar-refractivity contribution is 7.73. The number of halogens is 1. The Balaban J connectivity index is 1.49. The van der Waals surface area contributed by atoms with E-state index < -0.39 is 0 Å². The molecular weight excluding hydrogens is 421 g/mol. The first kappa shape index (κ1) is 20.2. The third-order valence-electron chi connectivity index (χ3n) is 4.55. The molecule has 0 spiro atoms. The van der Waals surface area contributed by atoms with E-state index in [1.807, 2.05) is 24.3 Å². The number of benzene rings is 2. The van der Waals surface area contributed by atoms with E-state index >= 15 is 0 Å². The largest absolute Gasteiger partial charge is 0.489 e. The lowest BCUT2D eigenvalue weighted by Crippen LogP contribution is -2.20. The monoisotopic (exact) mass is 439 g/mol. The van der Waals surface area contributed by atoms with Gasteiger partial charge in [0.1, 0.15) is 29.2 Å². The molecule has 0 N–H and O–H groups in total. The van der Waals surface area contributed by atoms with Crippen molar-refractivity contribution in [3.05, 3.63) is 98.8 Å². The van der Waals surface area contributed by atoms with Gasteiger partial charge in [0, 0.05) is 6.54 Å². The molecule has 0 aliphatic heterocycles. The molecular formula is C22H18FN3O2S2. The van der Waals surface area contributed by atoms with Gasteiger partial charge in [0.25, 0.3) is 5.56 Å². The fraction of sp³-hybridized carbons (Fsp3) is 0.136. The molecule has 0 aliphatic carbocycles. The van der Waals surface area contributed by atoms with Crippen molar-refractivity contribution in [2.75, 3.05) is 0 Å². The third-order valence-corrected chi connectivity index (χ3v) is 5.98. The number of allylic oxidation sites excluding steroid dienone is 1. The first-order valence-corrected chi connectivity index (χ1v) is 10.4. The lowest BCUT2D eigenvalue weighted by Gasteiger charge is -2.09. The van der Waals surface area contributed by atoms with Gasteiger partial charge in [-0.05, 0) is 47.6 Å². The van der Waals surface area contributed by atoms with Crippen molar-refractivity contribution < 1.29 is 9.13 Å². The van der Waals surface area contributed by atoms with Gasteiger partial charge in [0.05, 0.1) is 6.54 Å². The zero-order valence-electron chi connectivity index (χ0n) is 16.0. The topological polar surface area (TPSA) is 49.0 Å². The summed E-state index contributed by atoms with van der Waals surface area (Å²) >= 11 is 6.61. The maximum atomic E-state index is 13.0. The Morgan fingerprint density at radius 1 is 1.13 bits per heavy atom. The average molecular weight is 440 g/mol. The van der Waals surface area contributed by atoms with E-state index in [1.54, 1.807) is 33.7 Å². The van der Waals surface area contributed by atoms with Gasteiger partial charge in [0.2, 0.25) is 0 Å². The molecule has 0 saturated carbocycles. The summed E-state index contributed by atoms with van der Waals surface area (Å²) in [7, 11) is 0. The minimum Gasteiger partial charge on any atom is -0.489 e. The van der Waals surface area contributed by atoms with Crippen LogP contribution < -0.4 is 10.3 Å². The molecule has 152 valence electrons. The molecule has 0 saturated heterocycles. The van der Waals surface area contributed by atoms with Crippen molar-refractivity contribution >= 4 is 33.9 Å². The normalized spacial score (nSPS) is 11.0. The Bertz CT molecular complexity index is 1310. The predicted molar refractivity (Wildman–Crippen MR) is 119 cm³/mol. The number of rotatable bonds is 7. The van der Waals surface area contributed by atoms with E-state index in [0.717, 1.165) is 11.1 Å². The van der Waals surface area contributed by atoms with E-state index in [0.29, 0.717) is 39.7 Å². The van der Waals surface area contributed by atoms with Gasteiger partial charge in [0.15, 0.2) is 9.60 Å². The smallest absolute Gasteiger partial charge is 0.273 e. The van der Waals surface area contributed by atoms with Gasteiger partial charge in [-0.3, -0.25) is 9.36 Å². The third kappa shape index (κ3) is 4.24. The SMILES string of the molecule is C=CCn1c(=S)sc2c(=O)n(Cc3ccc(OCc4ccc(F)cc4)cc3)cnc21. The molecule has 0 amide bonds. The Kier molecular flexibility index (Phi) is 5.87. The fourth-order valence-corrected chi connectivity index (χ4v) is 4.33. The molecule has 0 unspecified atom stereocenters. The van der Waals surface area contributed by atoms with Gasteiger partial charge in [-0.1, -0.05) is 41.7 Å². The van der Waals surface area contributed by atoms with Gasteiger partial charge < -0.3 is 9.30 Å². The summed E-state index contributed by atoms with van der Waals surface area (Å²) in [5, 5.41) is 0. The number of nitrogens with zero attached hydrogens (tertiary/aromatic N) is 3. The molecule has 0 bridgehead atoms. The Morgan fingerprint density at radius 3 is 2.53 bits per heavy atom. The highest BCUT2D eigenvalue weighted by Crippen LogP contribution is 2.19. The Labute approximate surface area is 181 Å². The van der Waals surface area contributed by atoms with Crippen LogP contribution in [0.3, 0.4) is 0 Å². The molecule has 2 aromatic heterocycles. The predicted octanol–water partition coefficient (Wildman–Crippen LogP) is 4.94. The van der Waals surface area contributed by atoms with Crippen LogP contribution in [0.25, 0.3) is 10.3 Å². The van der Waals surface area contributed by atoms with Crippen molar-refractivity contribution in [1.29, 1.82) is 0 Å². The number of ether oxygens (including phenoxy) is 1. The molecule has 0 aliphatic rings.